The van der Waals surface area contributed by atoms with Crippen LogP contribution in [0.4, 0.5) is 0 Å². The van der Waals surface area contributed by atoms with Gasteiger partial charge in [-0.05, 0) is 31.5 Å². The zero-order valence-corrected chi connectivity index (χ0v) is 12.2. The Bertz CT molecular complexity index is 815. The summed E-state index contributed by atoms with van der Waals surface area (Å²) >= 11 is 0. The second-order valence-corrected chi connectivity index (χ2v) is 5.40. The van der Waals surface area contributed by atoms with Crippen LogP contribution in [0.15, 0.2) is 47.5 Å². The number of aliphatic imine (C=N–C) groups is 1. The molecule has 0 fully saturated rings. The Morgan fingerprint density at radius 1 is 1.10 bits per heavy atom. The molecule has 0 radical (unpaired) electrons. The second-order valence-electron chi connectivity index (χ2n) is 5.40. The lowest BCUT2D eigenvalue weighted by Gasteiger charge is -1.98. The van der Waals surface area contributed by atoms with Gasteiger partial charge in [0.1, 0.15) is 0 Å². The largest absolute Gasteiger partial charge is 0.494 e. The minimum atomic E-state index is 0.170. The zero-order valence-electron chi connectivity index (χ0n) is 12.2. The van der Waals surface area contributed by atoms with Crippen molar-refractivity contribution < 1.29 is 5.11 Å². The predicted octanol–water partition coefficient (Wildman–Crippen LogP) is 4.11. The Balaban J connectivity index is 1.89. The van der Waals surface area contributed by atoms with Gasteiger partial charge in [0.05, 0.1) is 12.1 Å². The van der Waals surface area contributed by atoms with Gasteiger partial charge in [-0.25, -0.2) is 0 Å². The molecule has 0 spiro atoms. The number of aromatic nitrogens is 1. The molecular weight excluding hydrogens is 260 g/mol. The molecule has 0 bridgehead atoms. The molecule has 1 heterocycles. The lowest BCUT2D eigenvalue weighted by Crippen LogP contribution is -1.85. The van der Waals surface area contributed by atoms with Gasteiger partial charge >= 0.3 is 0 Å². The quantitative estimate of drug-likeness (QED) is 0.696. The van der Waals surface area contributed by atoms with Crippen LogP contribution in [0.5, 0.6) is 5.88 Å². The number of hydrogen-bond acceptors (Lipinski definition) is 2. The van der Waals surface area contributed by atoms with E-state index in [1.165, 1.54) is 11.1 Å². The maximum atomic E-state index is 10.0. The molecule has 1 aromatic heterocycles. The Labute approximate surface area is 124 Å². The van der Waals surface area contributed by atoms with Crippen molar-refractivity contribution >= 4 is 17.1 Å². The standard InChI is InChI=1S/C18H18N2O/c1-12-4-3-5-14(8-12)10-19-11-16-15-9-13(2)6-7-17(15)20-18(16)21/h3-9,11,20-21H,10H2,1-2H3. The van der Waals surface area contributed by atoms with E-state index in [1.54, 1.807) is 6.21 Å². The van der Waals surface area contributed by atoms with Crippen molar-refractivity contribution in [3.8, 4) is 5.88 Å². The van der Waals surface area contributed by atoms with Crippen LogP contribution in [0.25, 0.3) is 10.9 Å². The summed E-state index contributed by atoms with van der Waals surface area (Å²) in [5, 5.41) is 11.0. The van der Waals surface area contributed by atoms with Crippen molar-refractivity contribution in [1.82, 2.24) is 4.98 Å². The van der Waals surface area contributed by atoms with Gasteiger partial charge in [0.15, 0.2) is 5.88 Å². The maximum absolute atomic E-state index is 10.0. The molecule has 0 saturated carbocycles. The van der Waals surface area contributed by atoms with Crippen LogP contribution in [-0.4, -0.2) is 16.3 Å². The van der Waals surface area contributed by atoms with Gasteiger partial charge in [0.2, 0.25) is 0 Å². The van der Waals surface area contributed by atoms with Gasteiger partial charge in [-0.3, -0.25) is 4.99 Å². The molecule has 0 aliphatic carbocycles. The SMILES string of the molecule is Cc1cccc(CN=Cc2c(O)[nH]c3ccc(C)cc23)c1. The van der Waals surface area contributed by atoms with Gasteiger partial charge < -0.3 is 10.1 Å². The van der Waals surface area contributed by atoms with Crippen LogP contribution in [0.2, 0.25) is 0 Å². The normalized spacial score (nSPS) is 11.5. The maximum Gasteiger partial charge on any atom is 0.198 e. The smallest absolute Gasteiger partial charge is 0.198 e. The predicted molar refractivity (Wildman–Crippen MR) is 87.2 cm³/mol. The Kier molecular flexibility index (Phi) is 3.48. The van der Waals surface area contributed by atoms with Crippen molar-refractivity contribution in [2.75, 3.05) is 0 Å². The summed E-state index contributed by atoms with van der Waals surface area (Å²) in [4.78, 5) is 7.44. The minimum absolute atomic E-state index is 0.170. The lowest BCUT2D eigenvalue weighted by atomic mass is 10.1. The number of hydrogen-bond donors (Lipinski definition) is 2. The van der Waals surface area contributed by atoms with Gasteiger partial charge in [0.25, 0.3) is 0 Å². The Hall–Kier alpha value is -2.55. The van der Waals surface area contributed by atoms with Crippen molar-refractivity contribution in [3.05, 3.63) is 64.7 Å². The first-order valence-electron chi connectivity index (χ1n) is 7.00. The van der Waals surface area contributed by atoms with Crippen molar-refractivity contribution in [3.63, 3.8) is 0 Å². The summed E-state index contributed by atoms with van der Waals surface area (Å²) in [6.07, 6.45) is 1.75. The summed E-state index contributed by atoms with van der Waals surface area (Å²) in [5.74, 6) is 0.170. The number of aromatic amines is 1. The number of benzene rings is 2. The molecule has 0 amide bonds. The molecule has 106 valence electrons. The monoisotopic (exact) mass is 278 g/mol. The van der Waals surface area contributed by atoms with Crippen LogP contribution >= 0.6 is 0 Å². The van der Waals surface area contributed by atoms with Crippen LogP contribution in [0, 0.1) is 13.8 Å². The average molecular weight is 278 g/mol. The van der Waals surface area contributed by atoms with Crippen molar-refractivity contribution in [2.24, 2.45) is 4.99 Å². The Morgan fingerprint density at radius 2 is 1.90 bits per heavy atom. The minimum Gasteiger partial charge on any atom is -0.494 e. The molecular formula is C18H18N2O. The number of aromatic hydroxyl groups is 1. The van der Waals surface area contributed by atoms with Crippen molar-refractivity contribution in [1.29, 1.82) is 0 Å². The van der Waals surface area contributed by atoms with E-state index in [0.29, 0.717) is 6.54 Å². The highest BCUT2D eigenvalue weighted by Crippen LogP contribution is 2.26. The number of nitrogens with zero attached hydrogens (tertiary/aromatic N) is 1. The van der Waals surface area contributed by atoms with Crippen LogP contribution in [-0.2, 0) is 6.54 Å². The highest BCUT2D eigenvalue weighted by atomic mass is 16.3. The fraction of sp³-hybridized carbons (Fsp3) is 0.167. The topological polar surface area (TPSA) is 48.4 Å². The highest BCUT2D eigenvalue weighted by Gasteiger charge is 2.08. The molecule has 2 N–H and O–H groups in total. The van der Waals surface area contributed by atoms with E-state index in [4.69, 9.17) is 0 Å². The summed E-state index contributed by atoms with van der Waals surface area (Å²) in [7, 11) is 0. The first-order chi connectivity index (χ1) is 10.1. The van der Waals surface area contributed by atoms with Crippen molar-refractivity contribution in [2.45, 2.75) is 20.4 Å². The fourth-order valence-electron chi connectivity index (χ4n) is 2.50. The first kappa shape index (κ1) is 13.4. The summed E-state index contributed by atoms with van der Waals surface area (Å²) < 4.78 is 0. The van der Waals surface area contributed by atoms with E-state index in [-0.39, 0.29) is 5.88 Å². The molecule has 0 saturated heterocycles. The van der Waals surface area contributed by atoms with E-state index < -0.39 is 0 Å². The van der Waals surface area contributed by atoms with E-state index in [1.807, 2.05) is 25.1 Å². The molecule has 2 aromatic carbocycles. The summed E-state index contributed by atoms with van der Waals surface area (Å²) in [6.45, 7) is 4.72. The third-order valence-corrected chi connectivity index (χ3v) is 3.55. The third kappa shape index (κ3) is 2.82. The second kappa shape index (κ2) is 5.44. The van der Waals surface area contributed by atoms with E-state index >= 15 is 0 Å². The molecule has 21 heavy (non-hydrogen) atoms. The molecule has 0 unspecified atom stereocenters. The fourth-order valence-corrected chi connectivity index (χ4v) is 2.50. The molecule has 3 nitrogen and oxygen atoms in total. The third-order valence-electron chi connectivity index (χ3n) is 3.55. The molecule has 0 aliphatic rings. The van der Waals surface area contributed by atoms with Gasteiger partial charge in [-0.15, -0.1) is 0 Å². The number of nitrogens with one attached hydrogen (secondary N) is 1. The number of aryl methyl sites for hydroxylation is 2. The number of rotatable bonds is 3. The van der Waals surface area contributed by atoms with Gasteiger partial charge in [-0.2, -0.15) is 0 Å². The number of H-pyrrole nitrogens is 1. The highest BCUT2D eigenvalue weighted by molar-refractivity contribution is 6.02. The van der Waals surface area contributed by atoms with Crippen LogP contribution in [0.1, 0.15) is 22.3 Å². The summed E-state index contributed by atoms with van der Waals surface area (Å²) in [6, 6.07) is 14.3. The van der Waals surface area contributed by atoms with E-state index in [2.05, 4.69) is 41.2 Å². The molecule has 3 rings (SSSR count). The molecule has 0 atom stereocenters. The van der Waals surface area contributed by atoms with Gasteiger partial charge in [-0.1, -0.05) is 41.5 Å². The first-order valence-corrected chi connectivity index (χ1v) is 7.00. The Morgan fingerprint density at radius 3 is 2.71 bits per heavy atom. The van der Waals surface area contributed by atoms with E-state index in [0.717, 1.165) is 22.0 Å². The molecule has 3 aromatic rings. The summed E-state index contributed by atoms with van der Waals surface area (Å²) in [5.41, 5.74) is 5.24. The van der Waals surface area contributed by atoms with E-state index in [9.17, 15) is 5.11 Å². The number of fused-ring (bicyclic) bond motifs is 1. The van der Waals surface area contributed by atoms with Gasteiger partial charge in [0, 0.05) is 17.1 Å². The average Bonchev–Trinajstić information content (AvgIpc) is 2.75. The lowest BCUT2D eigenvalue weighted by molar-refractivity contribution is 0.457. The van der Waals surface area contributed by atoms with Crippen LogP contribution < -0.4 is 0 Å². The van der Waals surface area contributed by atoms with Crippen LogP contribution in [0.3, 0.4) is 0 Å². The molecule has 3 heteroatoms. The zero-order chi connectivity index (χ0) is 14.8. The molecule has 0 aliphatic heterocycles.